The molecule has 0 aliphatic rings. The molecule has 7 nitrogen and oxygen atoms in total. The fraction of sp³-hybridized carbons (Fsp3) is 0.429. The van der Waals surface area contributed by atoms with Crippen molar-refractivity contribution in [3.8, 4) is 0 Å². The highest BCUT2D eigenvalue weighted by Crippen LogP contribution is 2.26. The topological polar surface area (TPSA) is 98.3 Å². The molecular formula is C14H18N4O3S. The van der Waals surface area contributed by atoms with Crippen LogP contribution < -0.4 is 11.3 Å². The van der Waals surface area contributed by atoms with Crippen molar-refractivity contribution in [2.24, 2.45) is 5.73 Å². The second-order valence-electron chi connectivity index (χ2n) is 4.84. The molecule has 0 aromatic carbocycles. The van der Waals surface area contributed by atoms with E-state index in [1.165, 1.54) is 10.9 Å². The fourth-order valence-corrected chi connectivity index (χ4v) is 3.32. The Bertz CT molecular complexity index is 789. The van der Waals surface area contributed by atoms with Crippen LogP contribution in [0.15, 0.2) is 11.1 Å². The maximum atomic E-state index is 12.5. The van der Waals surface area contributed by atoms with Crippen molar-refractivity contribution in [2.75, 3.05) is 13.1 Å². The van der Waals surface area contributed by atoms with Gasteiger partial charge in [-0.1, -0.05) is 0 Å². The highest BCUT2D eigenvalue weighted by molar-refractivity contribution is 7.20. The van der Waals surface area contributed by atoms with Gasteiger partial charge in [0.25, 0.3) is 11.5 Å². The summed E-state index contributed by atoms with van der Waals surface area (Å²) in [6, 6.07) is 0. The second kappa shape index (κ2) is 6.27. The fourth-order valence-electron chi connectivity index (χ4n) is 2.33. The Morgan fingerprint density at radius 2 is 2.00 bits per heavy atom. The number of fused-ring (bicyclic) bond motifs is 1. The molecule has 2 N–H and O–H groups in total. The first-order valence-electron chi connectivity index (χ1n) is 6.96. The standard InChI is InChI=1S/C14H18N4O3S/c1-4-17(5-2)9(19)6-18-7-16-13-10(14(18)21)8(3)11(22-13)12(15)20/h7H,4-6H2,1-3H3,(H2,15,20). The van der Waals surface area contributed by atoms with Crippen molar-refractivity contribution in [3.05, 3.63) is 27.1 Å². The monoisotopic (exact) mass is 322 g/mol. The van der Waals surface area contributed by atoms with E-state index in [1.54, 1.807) is 11.8 Å². The molecule has 0 spiro atoms. The Balaban J connectivity index is 2.47. The van der Waals surface area contributed by atoms with Crippen molar-refractivity contribution in [1.29, 1.82) is 0 Å². The number of likely N-dealkylation sites (N-methyl/N-ethyl adjacent to an activating group) is 1. The molecule has 2 amide bonds. The number of primary amides is 1. The van der Waals surface area contributed by atoms with Gasteiger partial charge in [-0.25, -0.2) is 4.98 Å². The summed E-state index contributed by atoms with van der Waals surface area (Å²) in [7, 11) is 0. The van der Waals surface area contributed by atoms with Crippen molar-refractivity contribution < 1.29 is 9.59 Å². The largest absolute Gasteiger partial charge is 0.365 e. The second-order valence-corrected chi connectivity index (χ2v) is 5.84. The molecule has 2 heterocycles. The van der Waals surface area contributed by atoms with Crippen LogP contribution in [-0.2, 0) is 11.3 Å². The number of thiophene rings is 1. The van der Waals surface area contributed by atoms with E-state index in [1.807, 2.05) is 13.8 Å². The quantitative estimate of drug-likeness (QED) is 0.877. The highest BCUT2D eigenvalue weighted by atomic mass is 32.1. The van der Waals surface area contributed by atoms with Crippen LogP contribution in [0.3, 0.4) is 0 Å². The van der Waals surface area contributed by atoms with E-state index in [9.17, 15) is 14.4 Å². The number of amides is 2. The lowest BCUT2D eigenvalue weighted by atomic mass is 10.2. The minimum Gasteiger partial charge on any atom is -0.365 e. The summed E-state index contributed by atoms with van der Waals surface area (Å²) in [5.74, 6) is -0.720. The average molecular weight is 322 g/mol. The van der Waals surface area contributed by atoms with Gasteiger partial charge in [0.05, 0.1) is 16.6 Å². The molecule has 0 fully saturated rings. The lowest BCUT2D eigenvalue weighted by molar-refractivity contribution is -0.131. The van der Waals surface area contributed by atoms with Crippen molar-refractivity contribution in [1.82, 2.24) is 14.5 Å². The third-order valence-corrected chi connectivity index (χ3v) is 4.78. The zero-order chi connectivity index (χ0) is 16.4. The SMILES string of the molecule is CCN(CC)C(=O)Cn1cnc2sc(C(N)=O)c(C)c2c1=O. The van der Waals surface area contributed by atoms with Crippen molar-refractivity contribution in [2.45, 2.75) is 27.3 Å². The van der Waals surface area contributed by atoms with E-state index in [2.05, 4.69) is 4.98 Å². The third-order valence-electron chi connectivity index (χ3n) is 3.56. The molecule has 0 saturated heterocycles. The smallest absolute Gasteiger partial charge is 0.262 e. The number of hydrogen-bond acceptors (Lipinski definition) is 5. The minimum absolute atomic E-state index is 0.0648. The number of aromatic nitrogens is 2. The lowest BCUT2D eigenvalue weighted by Crippen LogP contribution is -2.36. The van der Waals surface area contributed by atoms with E-state index in [0.29, 0.717) is 33.7 Å². The van der Waals surface area contributed by atoms with Gasteiger partial charge < -0.3 is 10.6 Å². The molecule has 0 saturated carbocycles. The van der Waals surface area contributed by atoms with Crippen LogP contribution in [0.25, 0.3) is 10.2 Å². The maximum Gasteiger partial charge on any atom is 0.262 e. The van der Waals surface area contributed by atoms with E-state index in [-0.39, 0.29) is 18.0 Å². The van der Waals surface area contributed by atoms with E-state index in [4.69, 9.17) is 5.73 Å². The molecule has 0 aliphatic carbocycles. The van der Waals surface area contributed by atoms with Gasteiger partial charge in [-0.15, -0.1) is 11.3 Å². The Morgan fingerprint density at radius 1 is 1.36 bits per heavy atom. The molecule has 2 rings (SSSR count). The molecule has 118 valence electrons. The van der Waals surface area contributed by atoms with Crippen LogP contribution in [0.5, 0.6) is 0 Å². The summed E-state index contributed by atoms with van der Waals surface area (Å²) in [6.45, 7) is 6.54. The van der Waals surface area contributed by atoms with Gasteiger partial charge in [0, 0.05) is 13.1 Å². The van der Waals surface area contributed by atoms with Crippen LogP contribution in [0.4, 0.5) is 0 Å². The van der Waals surface area contributed by atoms with Crippen molar-refractivity contribution in [3.63, 3.8) is 0 Å². The van der Waals surface area contributed by atoms with Gasteiger partial charge in [-0.3, -0.25) is 19.0 Å². The molecule has 2 aromatic heterocycles. The Labute approximate surface area is 131 Å². The number of carbonyl (C=O) groups excluding carboxylic acids is 2. The zero-order valence-corrected chi connectivity index (χ0v) is 13.6. The molecule has 0 radical (unpaired) electrons. The predicted octanol–water partition coefficient (Wildman–Crippen LogP) is 0.734. The van der Waals surface area contributed by atoms with E-state index < -0.39 is 5.91 Å². The van der Waals surface area contributed by atoms with Crippen molar-refractivity contribution >= 4 is 33.4 Å². The molecule has 22 heavy (non-hydrogen) atoms. The summed E-state index contributed by atoms with van der Waals surface area (Å²) in [6.07, 6.45) is 1.34. The molecule has 0 atom stereocenters. The minimum atomic E-state index is -0.578. The number of rotatable bonds is 5. The highest BCUT2D eigenvalue weighted by Gasteiger charge is 2.19. The number of hydrogen-bond donors (Lipinski definition) is 1. The third kappa shape index (κ3) is 2.74. The molecular weight excluding hydrogens is 304 g/mol. The van der Waals surface area contributed by atoms with Crippen LogP contribution in [-0.4, -0.2) is 39.4 Å². The zero-order valence-electron chi connectivity index (χ0n) is 12.8. The summed E-state index contributed by atoms with van der Waals surface area (Å²) in [5, 5.41) is 0.355. The Morgan fingerprint density at radius 3 is 2.55 bits per heavy atom. The van der Waals surface area contributed by atoms with Gasteiger partial charge in [-0.05, 0) is 26.3 Å². The van der Waals surface area contributed by atoms with Crippen LogP contribution in [0, 0.1) is 6.92 Å². The first kappa shape index (κ1) is 16.2. The maximum absolute atomic E-state index is 12.5. The molecule has 8 heteroatoms. The molecule has 0 unspecified atom stereocenters. The first-order valence-corrected chi connectivity index (χ1v) is 7.78. The molecule has 0 bridgehead atoms. The molecule has 0 aliphatic heterocycles. The van der Waals surface area contributed by atoms with Gasteiger partial charge >= 0.3 is 0 Å². The summed E-state index contributed by atoms with van der Waals surface area (Å²) < 4.78 is 1.27. The van der Waals surface area contributed by atoms with Gasteiger partial charge in [0.2, 0.25) is 5.91 Å². The summed E-state index contributed by atoms with van der Waals surface area (Å²) in [4.78, 5) is 42.6. The predicted molar refractivity (Wildman–Crippen MR) is 85.1 cm³/mol. The van der Waals surface area contributed by atoms with Gasteiger partial charge in [-0.2, -0.15) is 0 Å². The van der Waals surface area contributed by atoms with Gasteiger partial charge in [0.15, 0.2) is 0 Å². The Kier molecular flexibility index (Phi) is 4.60. The number of carbonyl (C=O) groups is 2. The summed E-state index contributed by atoms with van der Waals surface area (Å²) >= 11 is 1.09. The van der Waals surface area contributed by atoms with E-state index >= 15 is 0 Å². The number of nitrogens with two attached hydrogens (primary N) is 1. The van der Waals surface area contributed by atoms with E-state index in [0.717, 1.165) is 11.3 Å². The van der Waals surface area contributed by atoms with Crippen LogP contribution in [0.2, 0.25) is 0 Å². The van der Waals surface area contributed by atoms with Gasteiger partial charge in [0.1, 0.15) is 11.4 Å². The number of aryl methyl sites for hydroxylation is 1. The average Bonchev–Trinajstić information content (AvgIpc) is 2.81. The Hall–Kier alpha value is -2.22. The molecule has 2 aromatic rings. The number of nitrogens with zero attached hydrogens (tertiary/aromatic N) is 3. The summed E-state index contributed by atoms with van der Waals surface area (Å²) in [5.41, 5.74) is 5.49. The normalized spacial score (nSPS) is 10.9. The lowest BCUT2D eigenvalue weighted by Gasteiger charge is -2.18. The first-order chi connectivity index (χ1) is 10.4. The van der Waals surface area contributed by atoms with Crippen LogP contribution in [0.1, 0.15) is 29.1 Å². The van der Waals surface area contributed by atoms with Crippen LogP contribution >= 0.6 is 11.3 Å².